The average Bonchev–Trinajstić information content (AvgIpc) is 2.73. The number of rotatable bonds is 5. The van der Waals surface area contributed by atoms with Crippen LogP contribution in [0.5, 0.6) is 11.5 Å². The molecule has 0 bridgehead atoms. The number of carbonyl (C=O) groups is 1. The Hall–Kier alpha value is -3.28. The number of nitrogens with one attached hydrogen (secondary N) is 1. The Bertz CT molecular complexity index is 1120. The van der Waals surface area contributed by atoms with Crippen LogP contribution in [0, 0.1) is 6.92 Å². The maximum atomic E-state index is 12.6. The smallest absolute Gasteiger partial charge is 0.339 e. The normalized spacial score (nSPS) is 15.4. The average molecular weight is 393 g/mol. The second-order valence-corrected chi connectivity index (χ2v) is 7.15. The molecule has 0 saturated heterocycles. The molecule has 1 atom stereocenters. The van der Waals surface area contributed by atoms with Crippen molar-refractivity contribution in [2.24, 2.45) is 0 Å². The second kappa shape index (κ2) is 7.99. The monoisotopic (exact) mass is 393 g/mol. The Balaban J connectivity index is 1.49. The molecule has 1 amide bonds. The van der Waals surface area contributed by atoms with Crippen LogP contribution in [0.2, 0.25) is 0 Å². The lowest BCUT2D eigenvalue weighted by Gasteiger charge is -2.26. The summed E-state index contributed by atoms with van der Waals surface area (Å²) in [5.74, 6) is 1.34. The van der Waals surface area contributed by atoms with Crippen molar-refractivity contribution in [3.05, 3.63) is 69.6 Å². The van der Waals surface area contributed by atoms with Crippen LogP contribution in [0.4, 0.5) is 0 Å². The fourth-order valence-corrected chi connectivity index (χ4v) is 3.79. The van der Waals surface area contributed by atoms with Crippen molar-refractivity contribution in [1.82, 2.24) is 5.32 Å². The Kier molecular flexibility index (Phi) is 5.25. The Morgan fingerprint density at radius 2 is 2.07 bits per heavy atom. The first kappa shape index (κ1) is 19.1. The lowest BCUT2D eigenvalue weighted by Crippen LogP contribution is -2.32. The molecule has 1 aliphatic heterocycles. The highest BCUT2D eigenvalue weighted by Gasteiger charge is 2.23. The van der Waals surface area contributed by atoms with E-state index in [4.69, 9.17) is 13.9 Å². The predicted molar refractivity (Wildman–Crippen MR) is 110 cm³/mol. The minimum atomic E-state index is -0.410. The van der Waals surface area contributed by atoms with Gasteiger partial charge in [0.1, 0.15) is 17.1 Å². The topological polar surface area (TPSA) is 77.8 Å². The van der Waals surface area contributed by atoms with Crippen LogP contribution in [0.15, 0.2) is 51.7 Å². The lowest BCUT2D eigenvalue weighted by atomic mass is 9.99. The molecule has 0 fully saturated rings. The zero-order chi connectivity index (χ0) is 20.4. The van der Waals surface area contributed by atoms with E-state index in [1.165, 1.54) is 0 Å². The SMILES string of the molecule is COc1ccc2c(C)c(CCC(=O)NC3CCOc4ccccc43)c(=O)oc2c1. The quantitative estimate of drug-likeness (QED) is 0.669. The van der Waals surface area contributed by atoms with E-state index in [-0.39, 0.29) is 18.4 Å². The van der Waals surface area contributed by atoms with Crippen molar-refractivity contribution >= 4 is 16.9 Å². The van der Waals surface area contributed by atoms with Gasteiger partial charge in [-0.1, -0.05) is 18.2 Å². The molecule has 0 radical (unpaired) electrons. The number of para-hydroxylation sites is 1. The number of benzene rings is 2. The van der Waals surface area contributed by atoms with E-state index in [0.717, 1.165) is 28.7 Å². The number of hydrogen-bond acceptors (Lipinski definition) is 5. The Labute approximate surface area is 168 Å². The number of methoxy groups -OCH3 is 1. The van der Waals surface area contributed by atoms with Crippen molar-refractivity contribution in [3.63, 3.8) is 0 Å². The van der Waals surface area contributed by atoms with Gasteiger partial charge >= 0.3 is 5.63 Å². The molecule has 150 valence electrons. The van der Waals surface area contributed by atoms with E-state index in [1.54, 1.807) is 13.2 Å². The molecule has 1 aliphatic rings. The zero-order valence-electron chi connectivity index (χ0n) is 16.5. The lowest BCUT2D eigenvalue weighted by molar-refractivity contribution is -0.122. The maximum Gasteiger partial charge on any atom is 0.339 e. The van der Waals surface area contributed by atoms with Crippen LogP contribution < -0.4 is 20.4 Å². The standard InChI is InChI=1S/C23H23NO5/c1-14-16-8-7-15(27-2)13-21(16)29-23(26)17(14)9-10-22(25)24-19-11-12-28-20-6-4-3-5-18(19)20/h3-8,13,19H,9-12H2,1-2H3,(H,24,25). The Morgan fingerprint density at radius 3 is 2.90 bits per heavy atom. The van der Waals surface area contributed by atoms with Crippen molar-refractivity contribution in [2.45, 2.75) is 32.2 Å². The van der Waals surface area contributed by atoms with Gasteiger partial charge in [0, 0.05) is 35.4 Å². The number of aryl methyl sites for hydroxylation is 1. The minimum Gasteiger partial charge on any atom is -0.497 e. The molecule has 1 N–H and O–H groups in total. The highest BCUT2D eigenvalue weighted by molar-refractivity contribution is 5.83. The number of fused-ring (bicyclic) bond motifs is 2. The van der Waals surface area contributed by atoms with Gasteiger partial charge in [0.05, 0.1) is 19.8 Å². The van der Waals surface area contributed by atoms with Crippen LogP contribution in [0.1, 0.15) is 35.6 Å². The largest absolute Gasteiger partial charge is 0.497 e. The predicted octanol–water partition coefficient (Wildman–Crippen LogP) is 3.68. The molecule has 3 aromatic rings. The van der Waals surface area contributed by atoms with Gasteiger partial charge < -0.3 is 19.2 Å². The summed E-state index contributed by atoms with van der Waals surface area (Å²) in [4.78, 5) is 25.0. The molecule has 1 aromatic heterocycles. The van der Waals surface area contributed by atoms with Gasteiger partial charge in [-0.15, -0.1) is 0 Å². The third kappa shape index (κ3) is 3.83. The third-order valence-electron chi connectivity index (χ3n) is 5.39. The van der Waals surface area contributed by atoms with Gasteiger partial charge in [0.2, 0.25) is 5.91 Å². The second-order valence-electron chi connectivity index (χ2n) is 7.15. The fourth-order valence-electron chi connectivity index (χ4n) is 3.79. The van der Waals surface area contributed by atoms with Crippen LogP contribution >= 0.6 is 0 Å². The fraction of sp³-hybridized carbons (Fsp3) is 0.304. The summed E-state index contributed by atoms with van der Waals surface area (Å²) in [7, 11) is 1.57. The molecule has 0 saturated carbocycles. The first-order valence-corrected chi connectivity index (χ1v) is 9.68. The molecule has 2 heterocycles. The number of amides is 1. The van der Waals surface area contributed by atoms with Crippen LogP contribution in [0.25, 0.3) is 11.0 Å². The van der Waals surface area contributed by atoms with Crippen molar-refractivity contribution in [2.75, 3.05) is 13.7 Å². The first-order chi connectivity index (χ1) is 14.1. The maximum absolute atomic E-state index is 12.6. The highest BCUT2D eigenvalue weighted by Crippen LogP contribution is 2.31. The van der Waals surface area contributed by atoms with E-state index in [0.29, 0.717) is 29.9 Å². The molecule has 29 heavy (non-hydrogen) atoms. The summed E-state index contributed by atoms with van der Waals surface area (Å²) in [6, 6.07) is 13.1. The summed E-state index contributed by atoms with van der Waals surface area (Å²) in [5, 5.41) is 3.91. The van der Waals surface area contributed by atoms with E-state index >= 15 is 0 Å². The number of ether oxygens (including phenoxy) is 2. The van der Waals surface area contributed by atoms with Gasteiger partial charge in [0.25, 0.3) is 0 Å². The van der Waals surface area contributed by atoms with Crippen molar-refractivity contribution in [1.29, 1.82) is 0 Å². The molecule has 2 aromatic carbocycles. The molecule has 0 aliphatic carbocycles. The zero-order valence-corrected chi connectivity index (χ0v) is 16.5. The number of hydrogen-bond donors (Lipinski definition) is 1. The highest BCUT2D eigenvalue weighted by atomic mass is 16.5. The van der Waals surface area contributed by atoms with Crippen LogP contribution in [0.3, 0.4) is 0 Å². The van der Waals surface area contributed by atoms with Crippen molar-refractivity contribution < 1.29 is 18.7 Å². The summed E-state index contributed by atoms with van der Waals surface area (Å²) in [6.07, 6.45) is 1.27. The van der Waals surface area contributed by atoms with E-state index in [1.807, 2.05) is 43.3 Å². The van der Waals surface area contributed by atoms with E-state index in [9.17, 15) is 9.59 Å². The summed E-state index contributed by atoms with van der Waals surface area (Å²) < 4.78 is 16.3. The van der Waals surface area contributed by atoms with Crippen LogP contribution in [-0.4, -0.2) is 19.6 Å². The summed E-state index contributed by atoms with van der Waals surface area (Å²) >= 11 is 0. The summed E-state index contributed by atoms with van der Waals surface area (Å²) in [5.41, 5.74) is 2.43. The molecule has 0 spiro atoms. The van der Waals surface area contributed by atoms with Crippen LogP contribution in [-0.2, 0) is 11.2 Å². The Morgan fingerprint density at radius 1 is 1.24 bits per heavy atom. The third-order valence-corrected chi connectivity index (χ3v) is 5.39. The van der Waals surface area contributed by atoms with Gasteiger partial charge in [-0.2, -0.15) is 0 Å². The molecular formula is C23H23NO5. The van der Waals surface area contributed by atoms with Gasteiger partial charge in [-0.25, -0.2) is 4.79 Å². The van der Waals surface area contributed by atoms with E-state index in [2.05, 4.69) is 5.32 Å². The van der Waals surface area contributed by atoms with Crippen molar-refractivity contribution in [3.8, 4) is 11.5 Å². The van der Waals surface area contributed by atoms with Gasteiger partial charge in [-0.05, 0) is 37.1 Å². The molecule has 1 unspecified atom stereocenters. The minimum absolute atomic E-state index is 0.0750. The van der Waals surface area contributed by atoms with E-state index < -0.39 is 5.63 Å². The molecule has 4 rings (SSSR count). The summed E-state index contributed by atoms with van der Waals surface area (Å²) in [6.45, 7) is 2.45. The molecule has 6 heteroatoms. The first-order valence-electron chi connectivity index (χ1n) is 9.68. The van der Waals surface area contributed by atoms with Gasteiger partial charge in [-0.3, -0.25) is 4.79 Å². The number of carbonyl (C=O) groups excluding carboxylic acids is 1. The van der Waals surface area contributed by atoms with Gasteiger partial charge in [0.15, 0.2) is 0 Å². The molecule has 6 nitrogen and oxygen atoms in total. The molecular weight excluding hydrogens is 370 g/mol.